The molecule has 0 spiro atoms. The molecule has 0 saturated heterocycles. The van der Waals surface area contributed by atoms with Gasteiger partial charge in [-0.15, -0.1) is 4.72 Å². The van der Waals surface area contributed by atoms with Gasteiger partial charge in [0, 0.05) is 11.4 Å². The second-order valence-corrected chi connectivity index (χ2v) is 2.59. The highest BCUT2D eigenvalue weighted by Gasteiger charge is 2.28. The van der Waals surface area contributed by atoms with E-state index < -0.39 is 24.1 Å². The molecule has 0 aromatic rings. The molecule has 0 aliphatic heterocycles. The molecular formula is C3H6F3NOS. The zero-order valence-electron chi connectivity index (χ0n) is 4.66. The summed E-state index contributed by atoms with van der Waals surface area (Å²) in [5, 5.41) is 0. The molecule has 0 aliphatic rings. The normalized spacial score (nSPS) is 15.7. The third-order valence-corrected chi connectivity index (χ3v) is 1.03. The van der Waals surface area contributed by atoms with Crippen LogP contribution in [0.5, 0.6) is 0 Å². The summed E-state index contributed by atoms with van der Waals surface area (Å²) in [5.41, 5.74) is 0. The summed E-state index contributed by atoms with van der Waals surface area (Å²) in [6.45, 7) is -1.20. The summed E-state index contributed by atoms with van der Waals surface area (Å²) in [6.07, 6.45) is -3.13. The number of halogens is 3. The molecule has 0 aromatic heterocycles. The average molecular weight is 161 g/mol. The van der Waals surface area contributed by atoms with Gasteiger partial charge in [0.25, 0.3) is 0 Å². The molecular weight excluding hydrogens is 155 g/mol. The Hall–Kier alpha value is 0.0600. The van der Waals surface area contributed by atoms with Gasteiger partial charge in [-0.2, -0.15) is 13.2 Å². The fourth-order valence-corrected chi connectivity index (χ4v) is 0.550. The van der Waals surface area contributed by atoms with Gasteiger partial charge in [-0.1, -0.05) is 0 Å². The smallest absolute Gasteiger partial charge is 0.405 e. The van der Waals surface area contributed by atoms with Gasteiger partial charge in [0.05, 0.1) is 0 Å². The van der Waals surface area contributed by atoms with Crippen LogP contribution in [0.25, 0.3) is 0 Å². The molecule has 0 heterocycles. The molecule has 1 unspecified atom stereocenters. The lowest BCUT2D eigenvalue weighted by atomic mass is 10.7. The molecule has 1 atom stereocenters. The van der Waals surface area contributed by atoms with Crippen LogP contribution in [0.15, 0.2) is 0 Å². The first-order valence-corrected chi connectivity index (χ1v) is 3.61. The Labute approximate surface area is 53.7 Å². The quantitative estimate of drug-likeness (QED) is 0.596. The minimum absolute atomic E-state index is 1.14. The summed E-state index contributed by atoms with van der Waals surface area (Å²) >= 11 is -1.58. The zero-order chi connectivity index (χ0) is 7.49. The molecule has 0 saturated carbocycles. The fraction of sp³-hybridized carbons (Fsp3) is 1.00. The monoisotopic (exact) mass is 161 g/mol. The minimum Gasteiger partial charge on any atom is -0.598 e. The molecule has 0 aliphatic carbocycles. The molecule has 0 bridgehead atoms. The van der Waals surface area contributed by atoms with Crippen molar-refractivity contribution in [2.24, 2.45) is 0 Å². The van der Waals surface area contributed by atoms with E-state index in [0.29, 0.717) is 0 Å². The summed E-state index contributed by atoms with van der Waals surface area (Å²) < 4.78 is 45.4. The summed E-state index contributed by atoms with van der Waals surface area (Å²) in [4.78, 5) is 0. The number of nitrogens with one attached hydrogen (secondary N) is 1. The van der Waals surface area contributed by atoms with Crippen molar-refractivity contribution in [3.8, 4) is 0 Å². The Balaban J connectivity index is 3.28. The molecule has 0 fully saturated rings. The van der Waals surface area contributed by atoms with Crippen LogP contribution in [0.4, 0.5) is 13.2 Å². The van der Waals surface area contributed by atoms with Crippen molar-refractivity contribution < 1.29 is 17.7 Å². The van der Waals surface area contributed by atoms with E-state index in [-0.39, 0.29) is 0 Å². The molecule has 6 heteroatoms. The lowest BCUT2D eigenvalue weighted by Crippen LogP contribution is -2.32. The maximum absolute atomic E-state index is 11.2. The number of rotatable bonds is 2. The molecule has 1 N–H and O–H groups in total. The van der Waals surface area contributed by atoms with Crippen LogP contribution in [-0.4, -0.2) is 23.5 Å². The van der Waals surface area contributed by atoms with Gasteiger partial charge >= 0.3 is 6.18 Å². The zero-order valence-corrected chi connectivity index (χ0v) is 5.47. The van der Waals surface area contributed by atoms with Gasteiger partial charge in [-0.25, -0.2) is 0 Å². The molecule has 0 aromatic carbocycles. The van der Waals surface area contributed by atoms with Gasteiger partial charge in [-0.05, 0) is 0 Å². The highest BCUT2D eigenvalue weighted by atomic mass is 32.2. The number of alkyl halides is 3. The molecule has 9 heavy (non-hydrogen) atoms. The van der Waals surface area contributed by atoms with Gasteiger partial charge in [0.2, 0.25) is 0 Å². The largest absolute Gasteiger partial charge is 0.598 e. The standard InChI is InChI=1S/C3H6F3NOS/c1-9(8)7-2-3(4,5)6/h7H,2H2,1H3. The minimum atomic E-state index is -4.27. The van der Waals surface area contributed by atoms with E-state index in [1.54, 1.807) is 4.72 Å². The predicted octanol–water partition coefficient (Wildman–Crippen LogP) is 0.432. The third kappa shape index (κ3) is 8.06. The summed E-state index contributed by atoms with van der Waals surface area (Å²) in [6, 6.07) is 0. The van der Waals surface area contributed by atoms with Crippen LogP contribution in [0.1, 0.15) is 0 Å². The van der Waals surface area contributed by atoms with Gasteiger partial charge < -0.3 is 4.55 Å². The fourth-order valence-electron chi connectivity index (χ4n) is 0.183. The first-order valence-electron chi connectivity index (χ1n) is 2.05. The van der Waals surface area contributed by atoms with Crippen molar-refractivity contribution >= 4 is 11.4 Å². The highest BCUT2D eigenvalue weighted by Crippen LogP contribution is 2.12. The number of hydrogen-bond acceptors (Lipinski definition) is 2. The van der Waals surface area contributed by atoms with Gasteiger partial charge in [0.1, 0.15) is 12.8 Å². The van der Waals surface area contributed by atoms with Crippen LogP contribution in [0, 0.1) is 0 Å². The molecule has 0 amide bonds. The maximum Gasteiger partial charge on any atom is 0.405 e. The molecule has 2 nitrogen and oxygen atoms in total. The van der Waals surface area contributed by atoms with E-state index in [0.717, 1.165) is 6.26 Å². The van der Waals surface area contributed by atoms with Crippen LogP contribution < -0.4 is 4.72 Å². The third-order valence-electron chi connectivity index (χ3n) is 0.476. The van der Waals surface area contributed by atoms with Crippen molar-refractivity contribution in [2.45, 2.75) is 6.18 Å². The van der Waals surface area contributed by atoms with Crippen molar-refractivity contribution in [2.75, 3.05) is 12.8 Å². The van der Waals surface area contributed by atoms with E-state index in [2.05, 4.69) is 0 Å². The van der Waals surface area contributed by atoms with E-state index in [9.17, 15) is 17.7 Å². The Bertz CT molecular complexity index is 83.6. The highest BCUT2D eigenvalue weighted by molar-refractivity contribution is 7.88. The lowest BCUT2D eigenvalue weighted by Gasteiger charge is -2.07. The maximum atomic E-state index is 11.2. The first kappa shape index (κ1) is 9.06. The van der Waals surface area contributed by atoms with Crippen molar-refractivity contribution in [1.82, 2.24) is 4.72 Å². The SMILES string of the molecule is C[S+]([O-])NCC(F)(F)F. The van der Waals surface area contributed by atoms with E-state index in [4.69, 9.17) is 0 Å². The number of hydrogen-bond donors (Lipinski definition) is 1. The molecule has 0 rings (SSSR count). The van der Waals surface area contributed by atoms with Crippen LogP contribution in [-0.2, 0) is 11.4 Å². The Morgan fingerprint density at radius 3 is 2.11 bits per heavy atom. The van der Waals surface area contributed by atoms with Crippen LogP contribution in [0.2, 0.25) is 0 Å². The van der Waals surface area contributed by atoms with Gasteiger partial charge in [-0.3, -0.25) is 0 Å². The first-order chi connectivity index (χ1) is 3.92. The van der Waals surface area contributed by atoms with Crippen molar-refractivity contribution in [3.63, 3.8) is 0 Å². The average Bonchev–Trinajstić information content (AvgIpc) is 1.59. The van der Waals surface area contributed by atoms with Crippen molar-refractivity contribution in [1.29, 1.82) is 0 Å². The van der Waals surface area contributed by atoms with E-state index >= 15 is 0 Å². The van der Waals surface area contributed by atoms with Crippen LogP contribution in [0.3, 0.4) is 0 Å². The topological polar surface area (TPSA) is 35.1 Å². The van der Waals surface area contributed by atoms with E-state index in [1.165, 1.54) is 0 Å². The summed E-state index contributed by atoms with van der Waals surface area (Å²) in [5.74, 6) is 0. The predicted molar refractivity (Wildman–Crippen MR) is 28.1 cm³/mol. The summed E-state index contributed by atoms with van der Waals surface area (Å²) in [7, 11) is 0. The van der Waals surface area contributed by atoms with Crippen LogP contribution >= 0.6 is 0 Å². The Morgan fingerprint density at radius 1 is 1.56 bits per heavy atom. The Morgan fingerprint density at radius 2 is 2.00 bits per heavy atom. The molecule has 56 valence electrons. The second-order valence-electron chi connectivity index (χ2n) is 1.39. The van der Waals surface area contributed by atoms with E-state index in [1.807, 2.05) is 0 Å². The van der Waals surface area contributed by atoms with Gasteiger partial charge in [0.15, 0.2) is 0 Å². The second kappa shape index (κ2) is 3.28. The Kier molecular flexibility index (Phi) is 3.31. The molecule has 0 radical (unpaired) electrons. The van der Waals surface area contributed by atoms with Crippen molar-refractivity contribution in [3.05, 3.63) is 0 Å². The lowest BCUT2D eigenvalue weighted by molar-refractivity contribution is -0.121.